The van der Waals surface area contributed by atoms with Gasteiger partial charge in [0, 0.05) is 31.7 Å². The van der Waals surface area contributed by atoms with Crippen LogP contribution < -0.4 is 10.2 Å². The maximum absolute atomic E-state index is 12.6. The molecule has 1 aromatic heterocycles. The largest absolute Gasteiger partial charge is 0.385 e. The zero-order chi connectivity index (χ0) is 15.2. The number of hydrogen-bond acceptors (Lipinski definition) is 4. The van der Waals surface area contributed by atoms with Crippen LogP contribution >= 0.6 is 0 Å². The first kappa shape index (κ1) is 14.5. The van der Waals surface area contributed by atoms with Crippen LogP contribution in [0, 0.1) is 11.3 Å². The van der Waals surface area contributed by atoms with Gasteiger partial charge in [-0.25, -0.2) is 0 Å². The molecular weight excluding hydrogens is 264 g/mol. The summed E-state index contributed by atoms with van der Waals surface area (Å²) < 4.78 is 0. The molecule has 5 heteroatoms. The average Bonchev–Trinajstić information content (AvgIpc) is 2.54. The van der Waals surface area contributed by atoms with Crippen molar-refractivity contribution < 1.29 is 4.79 Å². The van der Waals surface area contributed by atoms with Gasteiger partial charge >= 0.3 is 0 Å². The number of benzene rings is 1. The number of carbonyl (C=O) groups excluding carboxylic acids is 1. The Kier molecular flexibility index (Phi) is 4.52. The fourth-order valence-corrected chi connectivity index (χ4v) is 1.97. The van der Waals surface area contributed by atoms with E-state index in [-0.39, 0.29) is 5.91 Å². The SMILES string of the molecule is CCNc1ccncc1C(=O)N(C)c1ccc(C#N)cc1. The highest BCUT2D eigenvalue weighted by Gasteiger charge is 2.17. The van der Waals surface area contributed by atoms with Crippen LogP contribution in [0.15, 0.2) is 42.7 Å². The molecule has 0 aliphatic heterocycles. The highest BCUT2D eigenvalue weighted by atomic mass is 16.2. The van der Waals surface area contributed by atoms with Gasteiger partial charge in [0.2, 0.25) is 0 Å². The summed E-state index contributed by atoms with van der Waals surface area (Å²) in [7, 11) is 1.70. The number of aromatic nitrogens is 1. The molecule has 1 N–H and O–H groups in total. The van der Waals surface area contributed by atoms with Crippen LogP contribution in [0.3, 0.4) is 0 Å². The van der Waals surface area contributed by atoms with E-state index < -0.39 is 0 Å². The summed E-state index contributed by atoms with van der Waals surface area (Å²) in [6.07, 6.45) is 3.21. The molecule has 0 saturated carbocycles. The Labute approximate surface area is 123 Å². The molecule has 1 heterocycles. The average molecular weight is 280 g/mol. The molecule has 0 aliphatic rings. The first-order chi connectivity index (χ1) is 10.2. The van der Waals surface area contributed by atoms with Gasteiger partial charge < -0.3 is 10.2 Å². The Hall–Kier alpha value is -2.87. The van der Waals surface area contributed by atoms with E-state index in [1.807, 2.05) is 6.92 Å². The highest BCUT2D eigenvalue weighted by molar-refractivity contribution is 6.09. The monoisotopic (exact) mass is 280 g/mol. The Morgan fingerprint density at radius 3 is 2.67 bits per heavy atom. The second kappa shape index (κ2) is 6.53. The lowest BCUT2D eigenvalue weighted by molar-refractivity contribution is 0.0993. The Morgan fingerprint density at radius 2 is 2.05 bits per heavy atom. The van der Waals surface area contributed by atoms with Crippen LogP contribution in [0.4, 0.5) is 11.4 Å². The minimum absolute atomic E-state index is 0.149. The van der Waals surface area contributed by atoms with Crippen molar-refractivity contribution in [2.45, 2.75) is 6.92 Å². The molecule has 0 spiro atoms. The van der Waals surface area contributed by atoms with Crippen molar-refractivity contribution in [1.82, 2.24) is 4.98 Å². The smallest absolute Gasteiger partial charge is 0.261 e. The van der Waals surface area contributed by atoms with Gasteiger partial charge in [-0.1, -0.05) is 0 Å². The van der Waals surface area contributed by atoms with E-state index in [9.17, 15) is 4.79 Å². The van der Waals surface area contributed by atoms with Crippen molar-refractivity contribution in [3.8, 4) is 6.07 Å². The van der Waals surface area contributed by atoms with Gasteiger partial charge in [-0.15, -0.1) is 0 Å². The normalized spacial score (nSPS) is 9.76. The van der Waals surface area contributed by atoms with E-state index in [1.165, 1.54) is 0 Å². The molecule has 2 rings (SSSR count). The van der Waals surface area contributed by atoms with Crippen LogP contribution in [-0.4, -0.2) is 24.5 Å². The first-order valence-corrected chi connectivity index (χ1v) is 6.63. The van der Waals surface area contributed by atoms with Crippen LogP contribution in [0.1, 0.15) is 22.8 Å². The van der Waals surface area contributed by atoms with E-state index in [4.69, 9.17) is 5.26 Å². The second-order valence-electron chi connectivity index (χ2n) is 4.47. The number of nitrogens with zero attached hydrogens (tertiary/aromatic N) is 3. The highest BCUT2D eigenvalue weighted by Crippen LogP contribution is 2.20. The number of nitrogens with one attached hydrogen (secondary N) is 1. The number of nitriles is 1. The van der Waals surface area contributed by atoms with Crippen molar-refractivity contribution in [2.24, 2.45) is 0 Å². The number of carbonyl (C=O) groups is 1. The van der Waals surface area contributed by atoms with Crippen LogP contribution in [-0.2, 0) is 0 Å². The van der Waals surface area contributed by atoms with Gasteiger partial charge in [0.05, 0.1) is 22.9 Å². The van der Waals surface area contributed by atoms with Gasteiger partial charge in [0.1, 0.15) is 0 Å². The van der Waals surface area contributed by atoms with Gasteiger partial charge in [0.25, 0.3) is 5.91 Å². The second-order valence-corrected chi connectivity index (χ2v) is 4.47. The third-order valence-electron chi connectivity index (χ3n) is 3.11. The number of pyridine rings is 1. The number of amides is 1. The van der Waals surface area contributed by atoms with Crippen LogP contribution in [0.25, 0.3) is 0 Å². The summed E-state index contributed by atoms with van der Waals surface area (Å²) in [6.45, 7) is 2.70. The summed E-state index contributed by atoms with van der Waals surface area (Å²) >= 11 is 0. The van der Waals surface area contributed by atoms with E-state index in [0.29, 0.717) is 11.1 Å². The molecule has 21 heavy (non-hydrogen) atoms. The van der Waals surface area contributed by atoms with E-state index in [2.05, 4.69) is 16.4 Å². The number of rotatable bonds is 4. The molecule has 0 unspecified atom stereocenters. The topological polar surface area (TPSA) is 69.0 Å². The quantitative estimate of drug-likeness (QED) is 0.934. The third-order valence-corrected chi connectivity index (χ3v) is 3.11. The van der Waals surface area contributed by atoms with Gasteiger partial charge in [-0.2, -0.15) is 5.26 Å². The Morgan fingerprint density at radius 1 is 1.33 bits per heavy atom. The predicted octanol–water partition coefficient (Wildman–Crippen LogP) is 2.66. The molecule has 0 aliphatic carbocycles. The molecule has 0 saturated heterocycles. The van der Waals surface area contributed by atoms with Gasteiger partial charge in [0.15, 0.2) is 0 Å². The maximum Gasteiger partial charge on any atom is 0.261 e. The molecule has 0 fully saturated rings. The molecule has 106 valence electrons. The summed E-state index contributed by atoms with van der Waals surface area (Å²) in [6, 6.07) is 10.7. The lowest BCUT2D eigenvalue weighted by Gasteiger charge is -2.19. The summed E-state index contributed by atoms with van der Waals surface area (Å²) in [5, 5.41) is 12.0. The fourth-order valence-electron chi connectivity index (χ4n) is 1.97. The summed E-state index contributed by atoms with van der Waals surface area (Å²) in [5.74, 6) is -0.149. The first-order valence-electron chi connectivity index (χ1n) is 6.63. The lowest BCUT2D eigenvalue weighted by Crippen LogP contribution is -2.27. The molecule has 0 bridgehead atoms. The van der Waals surface area contributed by atoms with Crippen molar-refractivity contribution >= 4 is 17.3 Å². The number of anilines is 2. The van der Waals surface area contributed by atoms with Gasteiger partial charge in [-0.3, -0.25) is 9.78 Å². The minimum Gasteiger partial charge on any atom is -0.385 e. The zero-order valence-corrected chi connectivity index (χ0v) is 12.0. The van der Waals surface area contributed by atoms with E-state index in [1.54, 1.807) is 54.7 Å². The van der Waals surface area contributed by atoms with Crippen molar-refractivity contribution in [3.05, 3.63) is 53.9 Å². The molecule has 0 atom stereocenters. The molecule has 5 nitrogen and oxygen atoms in total. The van der Waals surface area contributed by atoms with Crippen molar-refractivity contribution in [2.75, 3.05) is 23.8 Å². The fraction of sp³-hybridized carbons (Fsp3) is 0.188. The third kappa shape index (κ3) is 3.18. The number of hydrogen-bond donors (Lipinski definition) is 1. The van der Waals surface area contributed by atoms with Crippen LogP contribution in [0.2, 0.25) is 0 Å². The molecular formula is C16H16N4O. The molecule has 2 aromatic rings. The van der Waals surface area contributed by atoms with Crippen molar-refractivity contribution in [3.63, 3.8) is 0 Å². The predicted molar refractivity (Wildman–Crippen MR) is 82.3 cm³/mol. The van der Waals surface area contributed by atoms with Crippen LogP contribution in [0.5, 0.6) is 0 Å². The van der Waals surface area contributed by atoms with Gasteiger partial charge in [-0.05, 0) is 37.3 Å². The van der Waals surface area contributed by atoms with Crippen molar-refractivity contribution in [1.29, 1.82) is 5.26 Å². The molecule has 1 amide bonds. The minimum atomic E-state index is -0.149. The summed E-state index contributed by atoms with van der Waals surface area (Å²) in [5.41, 5.74) is 2.57. The Bertz CT molecular complexity index is 673. The lowest BCUT2D eigenvalue weighted by atomic mass is 10.1. The Balaban J connectivity index is 2.28. The maximum atomic E-state index is 12.6. The van der Waals surface area contributed by atoms with E-state index in [0.717, 1.165) is 17.9 Å². The molecule has 1 aromatic carbocycles. The summed E-state index contributed by atoms with van der Waals surface area (Å²) in [4.78, 5) is 18.1. The molecule has 0 radical (unpaired) electrons. The zero-order valence-electron chi connectivity index (χ0n) is 12.0. The standard InChI is InChI=1S/C16H16N4O/c1-3-19-15-8-9-18-11-14(15)16(21)20(2)13-6-4-12(10-17)5-7-13/h4-9,11H,3H2,1-2H3,(H,18,19). The van der Waals surface area contributed by atoms with E-state index >= 15 is 0 Å².